The van der Waals surface area contributed by atoms with E-state index in [4.69, 9.17) is 4.98 Å². The van der Waals surface area contributed by atoms with Crippen LogP contribution in [0.25, 0.3) is 21.9 Å². The van der Waals surface area contributed by atoms with Gasteiger partial charge in [0.2, 0.25) is 0 Å². The second kappa shape index (κ2) is 8.54. The van der Waals surface area contributed by atoms with Crippen LogP contribution in [-0.4, -0.2) is 33.9 Å². The van der Waals surface area contributed by atoms with Crippen LogP contribution in [0.3, 0.4) is 0 Å². The number of carbonyl (C=O) groups excluding carboxylic acids is 1. The van der Waals surface area contributed by atoms with Gasteiger partial charge in [-0.25, -0.2) is 9.97 Å². The summed E-state index contributed by atoms with van der Waals surface area (Å²) in [5.74, 6) is 1.07. The van der Waals surface area contributed by atoms with Crippen LogP contribution in [0.2, 0.25) is 0 Å². The smallest absolute Gasteiger partial charge is 0.253 e. The van der Waals surface area contributed by atoms with E-state index in [0.29, 0.717) is 6.54 Å². The lowest BCUT2D eigenvalue weighted by molar-refractivity contribution is 0.0706. The van der Waals surface area contributed by atoms with Gasteiger partial charge in [0, 0.05) is 36.3 Å². The first-order valence-corrected chi connectivity index (χ1v) is 11.3. The van der Waals surface area contributed by atoms with Crippen LogP contribution < -0.4 is 0 Å². The summed E-state index contributed by atoms with van der Waals surface area (Å²) in [6.45, 7) is 5.50. The topological polar surface area (TPSA) is 46.1 Å². The molecule has 1 amide bonds. The van der Waals surface area contributed by atoms with E-state index in [1.54, 1.807) is 0 Å². The summed E-state index contributed by atoms with van der Waals surface area (Å²) < 4.78 is 0. The minimum Gasteiger partial charge on any atom is -0.338 e. The zero-order chi connectivity index (χ0) is 22.1. The predicted octanol–water partition coefficient (Wildman–Crippen LogP) is 5.93. The van der Waals surface area contributed by atoms with Gasteiger partial charge in [0.1, 0.15) is 5.82 Å². The lowest BCUT2D eigenvalue weighted by Gasteiger charge is -2.33. The van der Waals surface area contributed by atoms with Gasteiger partial charge in [-0.2, -0.15) is 0 Å². The van der Waals surface area contributed by atoms with Gasteiger partial charge in [-0.05, 0) is 55.2 Å². The van der Waals surface area contributed by atoms with Crippen molar-refractivity contribution in [2.45, 2.75) is 32.6 Å². The maximum atomic E-state index is 13.4. The third-order valence-electron chi connectivity index (χ3n) is 6.36. The Kier molecular flexibility index (Phi) is 5.44. The molecule has 0 saturated carbocycles. The summed E-state index contributed by atoms with van der Waals surface area (Å²) in [6.07, 6.45) is 3.94. The minimum atomic E-state index is 0.100. The number of fused-ring (bicyclic) bond motifs is 1. The number of rotatable bonds is 3. The number of carbonyl (C=O) groups is 1. The molecule has 2 heterocycles. The fourth-order valence-electron chi connectivity index (χ4n) is 4.72. The zero-order valence-electron chi connectivity index (χ0n) is 18.6. The van der Waals surface area contributed by atoms with Crippen LogP contribution in [0.4, 0.5) is 0 Å². The number of nitrogens with zero attached hydrogens (tertiary/aromatic N) is 3. The van der Waals surface area contributed by atoms with Crippen LogP contribution >= 0.6 is 0 Å². The third-order valence-corrected chi connectivity index (χ3v) is 6.36. The summed E-state index contributed by atoms with van der Waals surface area (Å²) in [5.41, 5.74) is 5.23. The number of hydrogen-bond acceptors (Lipinski definition) is 3. The van der Waals surface area contributed by atoms with E-state index in [1.807, 2.05) is 48.4 Å². The Morgan fingerprint density at radius 1 is 0.969 bits per heavy atom. The summed E-state index contributed by atoms with van der Waals surface area (Å²) in [6, 6.07) is 22.6. The number of amides is 1. The second-order valence-electron chi connectivity index (χ2n) is 8.74. The molecule has 0 aliphatic carbocycles. The number of benzene rings is 3. The van der Waals surface area contributed by atoms with Crippen LogP contribution in [-0.2, 0) is 0 Å². The van der Waals surface area contributed by atoms with E-state index in [-0.39, 0.29) is 11.8 Å². The molecule has 160 valence electrons. The Morgan fingerprint density at radius 3 is 2.66 bits per heavy atom. The van der Waals surface area contributed by atoms with Crippen molar-refractivity contribution >= 4 is 16.7 Å². The lowest BCUT2D eigenvalue weighted by atomic mass is 9.89. The summed E-state index contributed by atoms with van der Waals surface area (Å²) in [7, 11) is 0. The average Bonchev–Trinajstić information content (AvgIpc) is 2.83. The van der Waals surface area contributed by atoms with Crippen molar-refractivity contribution in [3.05, 3.63) is 95.6 Å². The molecule has 5 rings (SSSR count). The molecule has 4 nitrogen and oxygen atoms in total. The van der Waals surface area contributed by atoms with Crippen molar-refractivity contribution in [2.24, 2.45) is 0 Å². The van der Waals surface area contributed by atoms with Crippen molar-refractivity contribution in [3.63, 3.8) is 0 Å². The maximum Gasteiger partial charge on any atom is 0.253 e. The predicted molar refractivity (Wildman–Crippen MR) is 129 cm³/mol. The first kappa shape index (κ1) is 20.4. The van der Waals surface area contributed by atoms with Gasteiger partial charge in [0.15, 0.2) is 0 Å². The molecule has 1 saturated heterocycles. The first-order valence-electron chi connectivity index (χ1n) is 11.3. The van der Waals surface area contributed by atoms with Gasteiger partial charge in [0.05, 0.1) is 5.69 Å². The molecule has 0 unspecified atom stereocenters. The highest BCUT2D eigenvalue weighted by molar-refractivity contribution is 5.98. The van der Waals surface area contributed by atoms with Crippen LogP contribution in [0.15, 0.2) is 72.9 Å². The van der Waals surface area contributed by atoms with Crippen molar-refractivity contribution in [2.75, 3.05) is 13.1 Å². The Balaban J connectivity index is 1.45. The Morgan fingerprint density at radius 2 is 1.81 bits per heavy atom. The fraction of sp³-hybridized carbons (Fsp3) is 0.250. The van der Waals surface area contributed by atoms with Gasteiger partial charge in [-0.3, -0.25) is 4.79 Å². The Bertz CT molecular complexity index is 1300. The van der Waals surface area contributed by atoms with Crippen molar-refractivity contribution in [1.82, 2.24) is 14.9 Å². The van der Waals surface area contributed by atoms with Crippen LogP contribution in [0.1, 0.15) is 46.2 Å². The average molecular weight is 422 g/mol. The molecule has 4 aromatic rings. The molecule has 0 bridgehead atoms. The van der Waals surface area contributed by atoms with Crippen LogP contribution in [0.5, 0.6) is 0 Å². The molecule has 0 spiro atoms. The van der Waals surface area contributed by atoms with E-state index in [2.05, 4.69) is 48.3 Å². The molecule has 1 aromatic heterocycles. The standard InChI is InChI=1S/C28H27N3O/c1-19-7-5-10-23(15-19)26-17-29-20(2)30-27(26)25-11-6-14-31(18-25)28(32)24-13-12-21-8-3-4-9-22(21)16-24/h3-5,7-10,12-13,15-17,25H,6,11,14,18H2,1-2H3/t25-/m0/s1. The molecule has 0 radical (unpaired) electrons. The second-order valence-corrected chi connectivity index (χ2v) is 8.74. The van der Waals surface area contributed by atoms with Gasteiger partial charge in [-0.15, -0.1) is 0 Å². The van der Waals surface area contributed by atoms with Gasteiger partial charge in [0.25, 0.3) is 5.91 Å². The largest absolute Gasteiger partial charge is 0.338 e. The molecule has 1 aliphatic heterocycles. The van der Waals surface area contributed by atoms with Gasteiger partial charge >= 0.3 is 0 Å². The molecule has 3 aromatic carbocycles. The van der Waals surface area contributed by atoms with Crippen LogP contribution in [0, 0.1) is 13.8 Å². The number of piperidine rings is 1. The molecular weight excluding hydrogens is 394 g/mol. The summed E-state index contributed by atoms with van der Waals surface area (Å²) in [4.78, 5) is 24.7. The molecule has 0 N–H and O–H groups in total. The zero-order valence-corrected chi connectivity index (χ0v) is 18.6. The molecule has 4 heteroatoms. The number of aromatic nitrogens is 2. The SMILES string of the molecule is Cc1cccc(-c2cnc(C)nc2[C@H]2CCCN(C(=O)c3ccc4ccccc4c3)C2)c1. The maximum absolute atomic E-state index is 13.4. The lowest BCUT2D eigenvalue weighted by Crippen LogP contribution is -2.39. The van der Waals surface area contributed by atoms with Crippen molar-refractivity contribution < 1.29 is 4.79 Å². The van der Waals surface area contributed by atoms with E-state index >= 15 is 0 Å². The molecule has 1 fully saturated rings. The monoisotopic (exact) mass is 421 g/mol. The highest BCUT2D eigenvalue weighted by Gasteiger charge is 2.28. The number of likely N-dealkylation sites (tertiary alicyclic amines) is 1. The van der Waals surface area contributed by atoms with E-state index < -0.39 is 0 Å². The number of aryl methyl sites for hydroxylation is 2. The normalized spacial score (nSPS) is 16.3. The van der Waals surface area contributed by atoms with Gasteiger partial charge in [-0.1, -0.05) is 60.2 Å². The molecule has 1 aliphatic rings. The Labute approximate surface area is 189 Å². The van der Waals surface area contributed by atoms with E-state index in [9.17, 15) is 4.79 Å². The third kappa shape index (κ3) is 4.01. The highest BCUT2D eigenvalue weighted by atomic mass is 16.2. The highest BCUT2D eigenvalue weighted by Crippen LogP contribution is 2.34. The van der Waals surface area contributed by atoms with E-state index in [0.717, 1.165) is 58.4 Å². The van der Waals surface area contributed by atoms with Gasteiger partial charge < -0.3 is 4.90 Å². The van der Waals surface area contributed by atoms with Crippen molar-refractivity contribution in [1.29, 1.82) is 0 Å². The number of hydrogen-bond donors (Lipinski definition) is 0. The van der Waals surface area contributed by atoms with E-state index in [1.165, 1.54) is 5.56 Å². The summed E-state index contributed by atoms with van der Waals surface area (Å²) in [5, 5.41) is 2.25. The summed E-state index contributed by atoms with van der Waals surface area (Å²) >= 11 is 0. The Hall–Kier alpha value is -3.53. The molecule has 32 heavy (non-hydrogen) atoms. The fourth-order valence-corrected chi connectivity index (χ4v) is 4.72. The minimum absolute atomic E-state index is 0.100. The first-order chi connectivity index (χ1) is 15.6. The molecular formula is C28H27N3O. The quantitative estimate of drug-likeness (QED) is 0.412. The molecule has 1 atom stereocenters. The van der Waals surface area contributed by atoms with Crippen molar-refractivity contribution in [3.8, 4) is 11.1 Å².